The lowest BCUT2D eigenvalue weighted by molar-refractivity contribution is -0.146. The van der Waals surface area contributed by atoms with Gasteiger partial charge in [-0.25, -0.2) is 4.98 Å². The predicted molar refractivity (Wildman–Crippen MR) is 145 cm³/mol. The van der Waals surface area contributed by atoms with Crippen molar-refractivity contribution >= 4 is 34.2 Å². The Balaban J connectivity index is 1.36. The number of aromatic nitrogens is 3. The molecule has 0 aliphatic carbocycles. The second kappa shape index (κ2) is 10.5. The number of pyridine rings is 1. The molecule has 1 aromatic carbocycles. The number of benzene rings is 1. The predicted octanol–water partition coefficient (Wildman–Crippen LogP) is 3.78. The van der Waals surface area contributed by atoms with Crippen LogP contribution < -0.4 is 11.1 Å². The molecule has 3 N–H and O–H groups in total. The van der Waals surface area contributed by atoms with E-state index in [-0.39, 0.29) is 6.04 Å². The molecule has 0 spiro atoms. The highest BCUT2D eigenvalue weighted by atomic mass is 16.2. The summed E-state index contributed by atoms with van der Waals surface area (Å²) in [7, 11) is 2.16. The van der Waals surface area contributed by atoms with Gasteiger partial charge in [0.1, 0.15) is 5.82 Å². The Labute approximate surface area is 218 Å². The van der Waals surface area contributed by atoms with Crippen LogP contribution in [0, 0.1) is 5.92 Å². The Kier molecular flexibility index (Phi) is 7.15. The number of amides is 2. The van der Waals surface area contributed by atoms with Crippen LogP contribution in [-0.2, 0) is 16.0 Å². The van der Waals surface area contributed by atoms with Crippen LogP contribution in [0.3, 0.4) is 0 Å². The number of fused-ring (bicyclic) bond motifs is 1. The number of nitrogens with one attached hydrogen (secondary N) is 1. The largest absolute Gasteiger partial charge is 0.383 e. The molecule has 37 heavy (non-hydrogen) atoms. The van der Waals surface area contributed by atoms with Gasteiger partial charge < -0.3 is 20.9 Å². The molecule has 9 nitrogen and oxygen atoms in total. The Morgan fingerprint density at radius 3 is 2.68 bits per heavy atom. The molecule has 0 bridgehead atoms. The molecule has 2 aromatic heterocycles. The molecular formula is C28H37N7O2. The minimum absolute atomic E-state index is 0.164. The van der Waals surface area contributed by atoms with E-state index in [9.17, 15) is 9.59 Å². The number of anilines is 2. The molecule has 2 amide bonds. The summed E-state index contributed by atoms with van der Waals surface area (Å²) in [5.74, 6) is -0.417. The van der Waals surface area contributed by atoms with E-state index in [2.05, 4.69) is 58.2 Å². The van der Waals surface area contributed by atoms with E-state index in [1.54, 1.807) is 11.0 Å². The van der Waals surface area contributed by atoms with Crippen LogP contribution in [0.2, 0.25) is 0 Å². The lowest BCUT2D eigenvalue weighted by atomic mass is 9.89. The molecule has 2 aliphatic rings. The van der Waals surface area contributed by atoms with E-state index < -0.39 is 11.8 Å². The van der Waals surface area contributed by atoms with Gasteiger partial charge in [-0.2, -0.15) is 5.10 Å². The van der Waals surface area contributed by atoms with Gasteiger partial charge in [-0.15, -0.1) is 0 Å². The topological polar surface area (TPSA) is 109 Å². The number of nitrogen functional groups attached to an aromatic ring is 1. The Hall–Kier alpha value is -3.46. The summed E-state index contributed by atoms with van der Waals surface area (Å²) in [6.45, 7) is 6.80. The van der Waals surface area contributed by atoms with Crippen LogP contribution in [0.5, 0.6) is 0 Å². The van der Waals surface area contributed by atoms with Crippen molar-refractivity contribution < 1.29 is 9.59 Å². The molecule has 0 radical (unpaired) electrons. The summed E-state index contributed by atoms with van der Waals surface area (Å²) in [4.78, 5) is 34.6. The van der Waals surface area contributed by atoms with Crippen molar-refractivity contribution in [2.75, 3.05) is 37.7 Å². The Morgan fingerprint density at radius 1 is 1.14 bits per heavy atom. The highest BCUT2D eigenvalue weighted by Gasteiger charge is 2.34. The van der Waals surface area contributed by atoms with Gasteiger partial charge in [0.15, 0.2) is 0 Å². The van der Waals surface area contributed by atoms with Crippen LogP contribution in [0.25, 0.3) is 10.9 Å². The number of rotatable bonds is 4. The van der Waals surface area contributed by atoms with Crippen molar-refractivity contribution in [3.63, 3.8) is 0 Å². The first-order valence-electron chi connectivity index (χ1n) is 13.4. The monoisotopic (exact) mass is 503 g/mol. The highest BCUT2D eigenvalue weighted by Crippen LogP contribution is 2.35. The maximum atomic E-state index is 13.4. The zero-order valence-electron chi connectivity index (χ0n) is 22.0. The summed E-state index contributed by atoms with van der Waals surface area (Å²) in [5, 5.41) is 8.75. The lowest BCUT2D eigenvalue weighted by Crippen LogP contribution is -2.46. The van der Waals surface area contributed by atoms with Gasteiger partial charge in [-0.05, 0) is 81.4 Å². The van der Waals surface area contributed by atoms with Crippen LogP contribution >= 0.6 is 0 Å². The number of carbonyl (C=O) groups excluding carboxylic acids is 2. The summed E-state index contributed by atoms with van der Waals surface area (Å²) in [5.41, 5.74) is 9.16. The number of hydrogen-bond acceptors (Lipinski definition) is 6. The molecule has 2 saturated heterocycles. The molecule has 196 valence electrons. The molecule has 4 heterocycles. The van der Waals surface area contributed by atoms with E-state index in [0.717, 1.165) is 60.8 Å². The van der Waals surface area contributed by atoms with Gasteiger partial charge in [0.25, 0.3) is 0 Å². The number of carbonyl (C=O) groups is 2. The molecular weight excluding hydrogens is 466 g/mol. The summed E-state index contributed by atoms with van der Waals surface area (Å²) < 4.78 is 2.12. The molecule has 3 aromatic rings. The summed E-state index contributed by atoms with van der Waals surface area (Å²) >= 11 is 0. The molecule has 9 heteroatoms. The van der Waals surface area contributed by atoms with Crippen LogP contribution in [-0.4, -0.2) is 63.1 Å². The second-order valence-corrected chi connectivity index (χ2v) is 10.7. The fraction of sp³-hybridized carbons (Fsp3) is 0.500. The smallest absolute Gasteiger partial charge is 0.313 e. The number of nitrogens with two attached hydrogens (primary N) is 1. The van der Waals surface area contributed by atoms with Crippen molar-refractivity contribution in [1.82, 2.24) is 24.6 Å². The van der Waals surface area contributed by atoms with Gasteiger partial charge in [-0.1, -0.05) is 26.0 Å². The first kappa shape index (κ1) is 25.2. The SMILES string of the molecule is CCc1cc(NC(=O)C(=O)N2CC(C)CCC2c2ccc3cn(C4CCN(C)CC4)nc3c2)cnc1N. The molecule has 2 aliphatic heterocycles. The molecule has 0 saturated carbocycles. The van der Waals surface area contributed by atoms with Crippen LogP contribution in [0.1, 0.15) is 62.7 Å². The molecule has 2 atom stereocenters. The normalized spacial score (nSPS) is 21.3. The fourth-order valence-electron chi connectivity index (χ4n) is 5.62. The lowest BCUT2D eigenvalue weighted by Gasteiger charge is -2.38. The van der Waals surface area contributed by atoms with Crippen molar-refractivity contribution in [3.8, 4) is 0 Å². The summed E-state index contributed by atoms with van der Waals surface area (Å²) in [6, 6.07) is 8.30. The van der Waals surface area contributed by atoms with Crippen molar-refractivity contribution in [2.24, 2.45) is 5.92 Å². The zero-order chi connectivity index (χ0) is 26.1. The van der Waals surface area contributed by atoms with E-state index in [4.69, 9.17) is 10.8 Å². The maximum absolute atomic E-state index is 13.4. The quantitative estimate of drug-likeness (QED) is 0.525. The number of aryl methyl sites for hydroxylation is 1. The fourth-order valence-corrected chi connectivity index (χ4v) is 5.62. The first-order valence-corrected chi connectivity index (χ1v) is 13.4. The number of hydrogen-bond donors (Lipinski definition) is 2. The van der Waals surface area contributed by atoms with Crippen LogP contribution in [0.4, 0.5) is 11.5 Å². The van der Waals surface area contributed by atoms with Crippen molar-refractivity contribution in [1.29, 1.82) is 0 Å². The third kappa shape index (κ3) is 5.32. The van der Waals surface area contributed by atoms with E-state index in [1.165, 1.54) is 6.20 Å². The van der Waals surface area contributed by atoms with Gasteiger partial charge in [0.05, 0.1) is 29.5 Å². The van der Waals surface area contributed by atoms with Gasteiger partial charge >= 0.3 is 11.8 Å². The second-order valence-electron chi connectivity index (χ2n) is 10.7. The number of piperidine rings is 2. The third-order valence-electron chi connectivity index (χ3n) is 7.91. The van der Waals surface area contributed by atoms with Gasteiger partial charge in [-0.3, -0.25) is 14.3 Å². The number of nitrogens with zero attached hydrogens (tertiary/aromatic N) is 5. The maximum Gasteiger partial charge on any atom is 0.313 e. The van der Waals surface area contributed by atoms with Crippen molar-refractivity contribution in [2.45, 2.75) is 58.0 Å². The Bertz CT molecular complexity index is 1290. The van der Waals surface area contributed by atoms with E-state index in [0.29, 0.717) is 36.4 Å². The third-order valence-corrected chi connectivity index (χ3v) is 7.91. The Morgan fingerprint density at radius 2 is 1.92 bits per heavy atom. The summed E-state index contributed by atoms with van der Waals surface area (Å²) in [6.07, 6.45) is 8.32. The first-order chi connectivity index (χ1) is 17.8. The van der Waals surface area contributed by atoms with Crippen molar-refractivity contribution in [3.05, 3.63) is 47.8 Å². The zero-order valence-corrected chi connectivity index (χ0v) is 22.0. The molecule has 2 unspecified atom stereocenters. The average molecular weight is 504 g/mol. The highest BCUT2D eigenvalue weighted by molar-refractivity contribution is 6.39. The standard InChI is InChI=1S/C28H37N7O2/c1-4-19-13-22(15-30-26(19)29)31-27(36)28(37)34-16-18(2)5-8-25(34)20-6-7-21-17-35(32-24(21)14-20)23-9-11-33(3)12-10-23/h6-7,13-15,17-18,23,25H,4-5,8-12,16H2,1-3H3,(H2,29,30)(H,31,36). The van der Waals surface area contributed by atoms with Gasteiger partial charge in [0, 0.05) is 18.1 Å². The van der Waals surface area contributed by atoms with E-state index in [1.807, 2.05) is 6.92 Å². The van der Waals surface area contributed by atoms with E-state index >= 15 is 0 Å². The number of likely N-dealkylation sites (tertiary alicyclic amines) is 2. The minimum Gasteiger partial charge on any atom is -0.383 e. The average Bonchev–Trinajstić information content (AvgIpc) is 3.33. The molecule has 5 rings (SSSR count). The van der Waals surface area contributed by atoms with Crippen LogP contribution in [0.15, 0.2) is 36.7 Å². The van der Waals surface area contributed by atoms with Gasteiger partial charge in [0.2, 0.25) is 0 Å². The minimum atomic E-state index is -0.652. The molecule has 2 fully saturated rings.